The Bertz CT molecular complexity index is 333. The Kier molecular flexibility index (Phi) is 3.36. The van der Waals surface area contributed by atoms with Gasteiger partial charge in [-0.1, -0.05) is 11.6 Å². The highest BCUT2D eigenvalue weighted by atomic mass is 35.5. The fraction of sp³-hybridized carbons (Fsp3) is 0.636. The van der Waals surface area contributed by atoms with E-state index in [-0.39, 0.29) is 11.6 Å². The molecule has 1 aliphatic rings. The minimum absolute atomic E-state index is 0.106. The van der Waals surface area contributed by atoms with Gasteiger partial charge >= 0.3 is 0 Å². The number of thiophene rings is 1. The first kappa shape index (κ1) is 11.4. The molecular formula is C11H16ClNOS. The number of hydrogen-bond acceptors (Lipinski definition) is 3. The van der Waals surface area contributed by atoms with Gasteiger partial charge in [-0.05, 0) is 37.6 Å². The summed E-state index contributed by atoms with van der Waals surface area (Å²) < 4.78 is 5.83. The Morgan fingerprint density at radius 2 is 2.40 bits per heavy atom. The highest BCUT2D eigenvalue weighted by Gasteiger charge is 2.36. The zero-order valence-electron chi connectivity index (χ0n) is 8.83. The first-order chi connectivity index (χ1) is 7.13. The maximum Gasteiger partial charge on any atom is 0.0854 e. The highest BCUT2D eigenvalue weighted by Crippen LogP contribution is 2.39. The molecule has 0 aromatic carbocycles. The van der Waals surface area contributed by atoms with Crippen molar-refractivity contribution >= 4 is 22.9 Å². The lowest BCUT2D eigenvalue weighted by molar-refractivity contribution is -0.0814. The molecule has 0 bridgehead atoms. The predicted octanol–water partition coefficient (Wildman–Crippen LogP) is 3.36. The fourth-order valence-corrected chi connectivity index (χ4v) is 3.32. The van der Waals surface area contributed by atoms with Gasteiger partial charge in [0, 0.05) is 11.5 Å². The number of nitrogens with two attached hydrogens (primary N) is 1. The van der Waals surface area contributed by atoms with E-state index in [4.69, 9.17) is 22.1 Å². The summed E-state index contributed by atoms with van der Waals surface area (Å²) >= 11 is 7.70. The Labute approximate surface area is 99.4 Å². The highest BCUT2D eigenvalue weighted by molar-refractivity contribution is 7.10. The van der Waals surface area contributed by atoms with Gasteiger partial charge in [-0.2, -0.15) is 0 Å². The second-order valence-corrected chi connectivity index (χ2v) is 5.58. The molecule has 1 saturated heterocycles. The quantitative estimate of drug-likeness (QED) is 0.867. The topological polar surface area (TPSA) is 35.2 Å². The summed E-state index contributed by atoms with van der Waals surface area (Å²) in [6.45, 7) is 2.90. The van der Waals surface area contributed by atoms with Crippen LogP contribution in [0.15, 0.2) is 11.4 Å². The number of ether oxygens (including phenoxy) is 1. The van der Waals surface area contributed by atoms with Crippen LogP contribution < -0.4 is 5.73 Å². The zero-order valence-corrected chi connectivity index (χ0v) is 10.4. The molecule has 1 aromatic rings. The molecule has 0 spiro atoms. The third-order valence-corrected chi connectivity index (χ3v) is 4.53. The maximum absolute atomic E-state index is 6.25. The molecule has 1 fully saturated rings. The van der Waals surface area contributed by atoms with E-state index in [1.54, 1.807) is 11.3 Å². The van der Waals surface area contributed by atoms with Crippen LogP contribution >= 0.6 is 22.9 Å². The zero-order chi connectivity index (χ0) is 10.9. The van der Waals surface area contributed by atoms with Gasteiger partial charge in [0.25, 0.3) is 0 Å². The molecule has 2 N–H and O–H groups in total. The third kappa shape index (κ3) is 2.21. The van der Waals surface area contributed by atoms with E-state index in [1.165, 1.54) is 6.42 Å². The van der Waals surface area contributed by atoms with Gasteiger partial charge in [0.15, 0.2) is 0 Å². The molecule has 0 saturated carbocycles. The van der Waals surface area contributed by atoms with Gasteiger partial charge in [-0.3, -0.25) is 0 Å². The summed E-state index contributed by atoms with van der Waals surface area (Å²) in [6.07, 6.45) is 3.34. The standard InChI is InChI=1S/C11H16ClNOS/c1-11(5-2-3-6-14-11)10(13)9-8(12)4-7-15-9/h4,7,10H,2-3,5-6,13H2,1H3. The lowest BCUT2D eigenvalue weighted by Crippen LogP contribution is -2.43. The lowest BCUT2D eigenvalue weighted by Gasteiger charge is -2.38. The molecule has 2 heterocycles. The van der Waals surface area contributed by atoms with Crippen LogP contribution in [0.2, 0.25) is 5.02 Å². The summed E-state index contributed by atoms with van der Waals surface area (Å²) in [4.78, 5) is 1.04. The largest absolute Gasteiger partial charge is 0.373 e. The van der Waals surface area contributed by atoms with E-state index in [2.05, 4.69) is 6.92 Å². The Morgan fingerprint density at radius 1 is 1.60 bits per heavy atom. The molecule has 1 aromatic heterocycles. The van der Waals surface area contributed by atoms with Crippen LogP contribution in [0.3, 0.4) is 0 Å². The van der Waals surface area contributed by atoms with Crippen molar-refractivity contribution in [3.8, 4) is 0 Å². The van der Waals surface area contributed by atoms with Crippen LogP contribution in [0, 0.1) is 0 Å². The van der Waals surface area contributed by atoms with Crippen LogP contribution in [-0.2, 0) is 4.74 Å². The van der Waals surface area contributed by atoms with Gasteiger partial charge in [-0.25, -0.2) is 0 Å². The molecule has 15 heavy (non-hydrogen) atoms. The van der Waals surface area contributed by atoms with Crippen molar-refractivity contribution in [2.24, 2.45) is 5.73 Å². The first-order valence-electron chi connectivity index (χ1n) is 5.26. The lowest BCUT2D eigenvalue weighted by atomic mass is 9.88. The molecule has 2 rings (SSSR count). The van der Waals surface area contributed by atoms with Gasteiger partial charge in [0.1, 0.15) is 0 Å². The molecule has 0 radical (unpaired) electrons. The molecule has 2 unspecified atom stereocenters. The first-order valence-corrected chi connectivity index (χ1v) is 6.52. The molecular weight excluding hydrogens is 230 g/mol. The minimum Gasteiger partial charge on any atom is -0.373 e. The van der Waals surface area contributed by atoms with Crippen LogP contribution in [0.1, 0.15) is 37.1 Å². The summed E-state index contributed by atoms with van der Waals surface area (Å²) in [7, 11) is 0. The van der Waals surface area contributed by atoms with Crippen LogP contribution in [-0.4, -0.2) is 12.2 Å². The normalized spacial score (nSPS) is 29.0. The second kappa shape index (κ2) is 4.42. The van der Waals surface area contributed by atoms with E-state index in [9.17, 15) is 0 Å². The molecule has 84 valence electrons. The van der Waals surface area contributed by atoms with Crippen molar-refractivity contribution in [1.82, 2.24) is 0 Å². The molecule has 4 heteroatoms. The molecule has 1 aliphatic heterocycles. The summed E-state index contributed by atoms with van der Waals surface area (Å²) in [5.41, 5.74) is 6.01. The van der Waals surface area contributed by atoms with Gasteiger partial charge in [0.05, 0.1) is 16.7 Å². The van der Waals surface area contributed by atoms with Crippen molar-refractivity contribution in [3.05, 3.63) is 21.3 Å². The average Bonchev–Trinajstić information content (AvgIpc) is 2.64. The van der Waals surface area contributed by atoms with E-state index in [1.807, 2.05) is 11.4 Å². The van der Waals surface area contributed by atoms with Crippen molar-refractivity contribution in [2.75, 3.05) is 6.61 Å². The number of hydrogen-bond donors (Lipinski definition) is 1. The van der Waals surface area contributed by atoms with E-state index < -0.39 is 0 Å². The number of halogens is 1. The van der Waals surface area contributed by atoms with E-state index >= 15 is 0 Å². The smallest absolute Gasteiger partial charge is 0.0854 e. The Morgan fingerprint density at radius 3 is 2.93 bits per heavy atom. The fourth-order valence-electron chi connectivity index (χ4n) is 2.01. The molecule has 0 amide bonds. The van der Waals surface area contributed by atoms with E-state index in [0.29, 0.717) is 0 Å². The van der Waals surface area contributed by atoms with Gasteiger partial charge in [0.2, 0.25) is 0 Å². The minimum atomic E-state index is -0.243. The molecule has 2 nitrogen and oxygen atoms in total. The second-order valence-electron chi connectivity index (χ2n) is 4.23. The maximum atomic E-state index is 6.25. The Balaban J connectivity index is 2.19. The van der Waals surface area contributed by atoms with Crippen LogP contribution in [0.5, 0.6) is 0 Å². The average molecular weight is 246 g/mol. The summed E-state index contributed by atoms with van der Waals surface area (Å²) in [5.74, 6) is 0. The third-order valence-electron chi connectivity index (χ3n) is 3.08. The van der Waals surface area contributed by atoms with Crippen molar-refractivity contribution < 1.29 is 4.74 Å². The molecule has 2 atom stereocenters. The number of rotatable bonds is 2. The molecule has 0 aliphatic carbocycles. The van der Waals surface area contributed by atoms with Crippen LogP contribution in [0.4, 0.5) is 0 Å². The SMILES string of the molecule is CC1(C(N)c2sccc2Cl)CCCCO1. The van der Waals surface area contributed by atoms with E-state index in [0.717, 1.165) is 29.3 Å². The Hall–Kier alpha value is -0.0900. The van der Waals surface area contributed by atoms with Crippen LogP contribution in [0.25, 0.3) is 0 Å². The summed E-state index contributed by atoms with van der Waals surface area (Å²) in [6, 6.07) is 1.79. The van der Waals surface area contributed by atoms with Crippen molar-refractivity contribution in [1.29, 1.82) is 0 Å². The van der Waals surface area contributed by atoms with Gasteiger partial charge < -0.3 is 10.5 Å². The summed E-state index contributed by atoms with van der Waals surface area (Å²) in [5, 5.41) is 2.74. The predicted molar refractivity (Wildman–Crippen MR) is 64.5 cm³/mol. The van der Waals surface area contributed by atoms with Crippen molar-refractivity contribution in [2.45, 2.75) is 37.8 Å². The monoisotopic (exact) mass is 245 g/mol. The van der Waals surface area contributed by atoms with Crippen molar-refractivity contribution in [3.63, 3.8) is 0 Å². The van der Waals surface area contributed by atoms with Gasteiger partial charge in [-0.15, -0.1) is 11.3 Å².